The van der Waals surface area contributed by atoms with Gasteiger partial charge in [0.25, 0.3) is 0 Å². The van der Waals surface area contributed by atoms with Crippen molar-refractivity contribution >= 4 is 12.2 Å². The van der Waals surface area contributed by atoms with Crippen molar-refractivity contribution in [3.63, 3.8) is 0 Å². The van der Waals surface area contributed by atoms with Crippen LogP contribution in [0, 0.1) is 0 Å². The molecule has 0 saturated carbocycles. The maximum atomic E-state index is 11.3. The maximum absolute atomic E-state index is 11.3. The molecule has 1 heterocycles. The average Bonchev–Trinajstić information content (AvgIpc) is 2.05. The minimum absolute atomic E-state index is 0.141. The number of aldehydes is 1. The lowest BCUT2D eigenvalue weighted by atomic mass is 10.1. The van der Waals surface area contributed by atoms with Crippen molar-refractivity contribution < 1.29 is 9.59 Å². The fourth-order valence-corrected chi connectivity index (χ4v) is 1.50. The van der Waals surface area contributed by atoms with E-state index in [4.69, 9.17) is 0 Å². The lowest BCUT2D eigenvalue weighted by Crippen LogP contribution is -2.34. The van der Waals surface area contributed by atoms with E-state index in [2.05, 4.69) is 0 Å². The van der Waals surface area contributed by atoms with Gasteiger partial charge in [0.2, 0.25) is 5.91 Å². The van der Waals surface area contributed by atoms with Crippen molar-refractivity contribution in [1.29, 1.82) is 0 Å². The van der Waals surface area contributed by atoms with Gasteiger partial charge in [-0.15, -0.1) is 0 Å². The van der Waals surface area contributed by atoms with Gasteiger partial charge in [0.15, 0.2) is 0 Å². The second-order valence-electron chi connectivity index (χ2n) is 3.17. The molecule has 0 aliphatic carbocycles. The summed E-state index contributed by atoms with van der Waals surface area (Å²) in [5.41, 5.74) is 0. The molecular formula is C9H15NO2. The van der Waals surface area contributed by atoms with E-state index in [0.717, 1.165) is 32.1 Å². The molecule has 0 radical (unpaired) electrons. The topological polar surface area (TPSA) is 37.4 Å². The minimum atomic E-state index is 0.141. The number of likely N-dealkylation sites (tertiary alicyclic amines) is 1. The van der Waals surface area contributed by atoms with Crippen LogP contribution in [-0.2, 0) is 9.59 Å². The van der Waals surface area contributed by atoms with Crippen molar-refractivity contribution in [2.24, 2.45) is 0 Å². The first-order valence-corrected chi connectivity index (χ1v) is 4.56. The molecule has 0 spiro atoms. The Hall–Kier alpha value is -0.860. The van der Waals surface area contributed by atoms with Gasteiger partial charge in [-0.05, 0) is 12.8 Å². The molecule has 3 nitrogen and oxygen atoms in total. The summed E-state index contributed by atoms with van der Waals surface area (Å²) in [6, 6.07) is 0. The van der Waals surface area contributed by atoms with Crippen LogP contribution >= 0.6 is 0 Å². The van der Waals surface area contributed by atoms with E-state index in [9.17, 15) is 9.59 Å². The number of carbonyl (C=O) groups is 2. The highest BCUT2D eigenvalue weighted by Gasteiger charge is 2.13. The molecule has 1 fully saturated rings. The van der Waals surface area contributed by atoms with Gasteiger partial charge in [-0.1, -0.05) is 12.8 Å². The average molecular weight is 169 g/mol. The summed E-state index contributed by atoms with van der Waals surface area (Å²) in [5, 5.41) is 0. The molecule has 0 atom stereocenters. The van der Waals surface area contributed by atoms with E-state index in [-0.39, 0.29) is 12.5 Å². The van der Waals surface area contributed by atoms with Crippen molar-refractivity contribution in [2.45, 2.75) is 32.1 Å². The summed E-state index contributed by atoms with van der Waals surface area (Å²) in [6.07, 6.45) is 5.78. The summed E-state index contributed by atoms with van der Waals surface area (Å²) < 4.78 is 0. The zero-order valence-electron chi connectivity index (χ0n) is 7.29. The monoisotopic (exact) mass is 169 g/mol. The molecule has 1 saturated heterocycles. The van der Waals surface area contributed by atoms with Gasteiger partial charge in [0.1, 0.15) is 6.29 Å². The summed E-state index contributed by atoms with van der Waals surface area (Å²) in [5.74, 6) is 0.141. The fraction of sp³-hybridized carbons (Fsp3) is 0.778. The number of carbonyl (C=O) groups excluding carboxylic acids is 2. The van der Waals surface area contributed by atoms with E-state index in [0.29, 0.717) is 6.42 Å². The molecule has 0 N–H and O–H groups in total. The molecule has 68 valence electrons. The normalized spacial score (nSPS) is 20.0. The van der Waals surface area contributed by atoms with Gasteiger partial charge >= 0.3 is 0 Å². The van der Waals surface area contributed by atoms with Crippen LogP contribution in [0.4, 0.5) is 0 Å². The molecule has 0 bridgehead atoms. The highest BCUT2D eigenvalue weighted by molar-refractivity contribution is 5.78. The van der Waals surface area contributed by atoms with E-state index in [1.807, 2.05) is 0 Å². The van der Waals surface area contributed by atoms with Crippen molar-refractivity contribution in [2.75, 3.05) is 13.1 Å². The standard InChI is InChI=1S/C9H15NO2/c11-8-7-10-6-4-2-1-3-5-9(10)12/h8H,1-7H2. The summed E-state index contributed by atoms with van der Waals surface area (Å²) in [4.78, 5) is 23.2. The third kappa shape index (κ3) is 2.64. The number of hydrogen-bond acceptors (Lipinski definition) is 2. The number of hydrogen-bond donors (Lipinski definition) is 0. The molecule has 12 heavy (non-hydrogen) atoms. The van der Waals surface area contributed by atoms with Crippen molar-refractivity contribution in [1.82, 2.24) is 4.90 Å². The summed E-state index contributed by atoms with van der Waals surface area (Å²) >= 11 is 0. The van der Waals surface area contributed by atoms with Crippen LogP contribution in [0.1, 0.15) is 32.1 Å². The Morgan fingerprint density at radius 3 is 2.75 bits per heavy atom. The van der Waals surface area contributed by atoms with E-state index >= 15 is 0 Å². The minimum Gasteiger partial charge on any atom is -0.336 e. The van der Waals surface area contributed by atoms with E-state index in [1.165, 1.54) is 6.42 Å². The summed E-state index contributed by atoms with van der Waals surface area (Å²) in [6.45, 7) is 1.04. The highest BCUT2D eigenvalue weighted by atomic mass is 16.2. The number of rotatable bonds is 2. The van der Waals surface area contributed by atoms with Crippen LogP contribution in [0.5, 0.6) is 0 Å². The second-order valence-corrected chi connectivity index (χ2v) is 3.17. The molecule has 3 heteroatoms. The Balaban J connectivity index is 2.42. The first-order valence-electron chi connectivity index (χ1n) is 4.56. The zero-order chi connectivity index (χ0) is 8.81. The molecule has 1 rings (SSSR count). The second kappa shape index (κ2) is 4.91. The predicted octanol–water partition coefficient (Wildman–Crippen LogP) is 0.978. The summed E-state index contributed by atoms with van der Waals surface area (Å²) in [7, 11) is 0. The Kier molecular flexibility index (Phi) is 3.77. The predicted molar refractivity (Wildman–Crippen MR) is 45.7 cm³/mol. The molecular weight excluding hydrogens is 154 g/mol. The van der Waals surface area contributed by atoms with Crippen molar-refractivity contribution in [3.8, 4) is 0 Å². The third-order valence-electron chi connectivity index (χ3n) is 2.22. The van der Waals surface area contributed by atoms with Crippen molar-refractivity contribution in [3.05, 3.63) is 0 Å². The van der Waals surface area contributed by atoms with Gasteiger partial charge < -0.3 is 9.69 Å². The Labute approximate surface area is 72.7 Å². The molecule has 1 aliphatic rings. The SMILES string of the molecule is O=CCN1CCCCCCC1=O. The smallest absolute Gasteiger partial charge is 0.222 e. The van der Waals surface area contributed by atoms with Crippen LogP contribution in [0.2, 0.25) is 0 Å². The van der Waals surface area contributed by atoms with Crippen LogP contribution in [0.25, 0.3) is 0 Å². The van der Waals surface area contributed by atoms with Crippen LogP contribution in [-0.4, -0.2) is 30.2 Å². The Morgan fingerprint density at radius 2 is 2.00 bits per heavy atom. The van der Waals surface area contributed by atoms with Gasteiger partial charge in [-0.25, -0.2) is 0 Å². The molecule has 1 amide bonds. The van der Waals surface area contributed by atoms with Crippen LogP contribution in [0.3, 0.4) is 0 Å². The third-order valence-corrected chi connectivity index (χ3v) is 2.22. The highest BCUT2D eigenvalue weighted by Crippen LogP contribution is 2.10. The Bertz CT molecular complexity index is 168. The lowest BCUT2D eigenvalue weighted by molar-refractivity contribution is -0.133. The number of amides is 1. The van der Waals surface area contributed by atoms with E-state index in [1.54, 1.807) is 4.90 Å². The zero-order valence-corrected chi connectivity index (χ0v) is 7.29. The maximum Gasteiger partial charge on any atom is 0.222 e. The fourth-order valence-electron chi connectivity index (χ4n) is 1.50. The van der Waals surface area contributed by atoms with Gasteiger partial charge in [0.05, 0.1) is 6.54 Å². The molecule has 1 aliphatic heterocycles. The molecule has 0 aromatic heterocycles. The van der Waals surface area contributed by atoms with Gasteiger partial charge in [0, 0.05) is 13.0 Å². The molecule has 0 aromatic rings. The first kappa shape index (κ1) is 9.23. The lowest BCUT2D eigenvalue weighted by Gasteiger charge is -2.22. The quantitative estimate of drug-likeness (QED) is 0.578. The van der Waals surface area contributed by atoms with Gasteiger partial charge in [-0.2, -0.15) is 0 Å². The molecule has 0 unspecified atom stereocenters. The van der Waals surface area contributed by atoms with E-state index < -0.39 is 0 Å². The number of nitrogens with zero attached hydrogens (tertiary/aromatic N) is 1. The first-order chi connectivity index (χ1) is 5.84. The van der Waals surface area contributed by atoms with Crippen LogP contribution < -0.4 is 0 Å². The molecule has 0 aromatic carbocycles. The Morgan fingerprint density at radius 1 is 1.25 bits per heavy atom. The largest absolute Gasteiger partial charge is 0.336 e. The van der Waals surface area contributed by atoms with Gasteiger partial charge in [-0.3, -0.25) is 4.79 Å². The van der Waals surface area contributed by atoms with Crippen LogP contribution in [0.15, 0.2) is 0 Å².